The summed E-state index contributed by atoms with van der Waals surface area (Å²) in [6, 6.07) is 6.58. The third kappa shape index (κ3) is 3.09. The molecule has 0 aromatic heterocycles. The van der Waals surface area contributed by atoms with E-state index in [0.717, 1.165) is 4.90 Å². The number of hydrogen-bond acceptors (Lipinski definition) is 4. The number of fused-ring (bicyclic) bond motifs is 1. The summed E-state index contributed by atoms with van der Waals surface area (Å²) >= 11 is 0. The van der Waals surface area contributed by atoms with Crippen molar-refractivity contribution < 1.29 is 18.8 Å². The average molecular weight is 359 g/mol. The maximum absolute atomic E-state index is 12.7. The Morgan fingerprint density at radius 1 is 1.16 bits per heavy atom. The first-order chi connectivity index (χ1) is 11.5. The molecule has 1 heterocycles. The summed E-state index contributed by atoms with van der Waals surface area (Å²) in [6.45, 7) is 11.4. The van der Waals surface area contributed by atoms with Crippen LogP contribution in [0.4, 0.5) is 0 Å². The summed E-state index contributed by atoms with van der Waals surface area (Å²) in [7, 11) is -1.86. The molecule has 1 aliphatic heterocycles. The Bertz CT molecular complexity index is 715. The number of amides is 3. The maximum Gasteiger partial charge on any atom is 0.268 e. The molecule has 5 nitrogen and oxygen atoms in total. The van der Waals surface area contributed by atoms with Gasteiger partial charge in [0.05, 0.1) is 11.1 Å². The van der Waals surface area contributed by atoms with Crippen molar-refractivity contribution in [3.05, 3.63) is 35.4 Å². The lowest BCUT2D eigenvalue weighted by Crippen LogP contribution is -2.41. The minimum atomic E-state index is -1.86. The van der Waals surface area contributed by atoms with Gasteiger partial charge in [-0.05, 0) is 42.6 Å². The molecular weight excluding hydrogens is 334 g/mol. The molecule has 3 rings (SSSR count). The fourth-order valence-corrected chi connectivity index (χ4v) is 3.89. The normalized spacial score (nSPS) is 23.0. The number of hydrogen-bond donors (Lipinski definition) is 0. The number of carbonyl (C=O) groups excluding carboxylic acids is 3. The zero-order valence-electron chi connectivity index (χ0n) is 15.5. The molecule has 1 unspecified atom stereocenters. The van der Waals surface area contributed by atoms with E-state index in [9.17, 15) is 14.4 Å². The van der Waals surface area contributed by atoms with Gasteiger partial charge >= 0.3 is 0 Å². The number of nitrogens with zero attached hydrogens (tertiary/aromatic N) is 1. The second-order valence-electron chi connectivity index (χ2n) is 8.50. The molecule has 0 spiro atoms. The van der Waals surface area contributed by atoms with Gasteiger partial charge in [-0.1, -0.05) is 32.9 Å². The Hall–Kier alpha value is -1.79. The van der Waals surface area contributed by atoms with Crippen molar-refractivity contribution >= 4 is 26.0 Å². The molecule has 2 aliphatic rings. The molecule has 0 bridgehead atoms. The van der Waals surface area contributed by atoms with Crippen molar-refractivity contribution in [2.75, 3.05) is 6.61 Å². The van der Waals surface area contributed by atoms with Crippen molar-refractivity contribution in [1.82, 2.24) is 4.90 Å². The minimum Gasteiger partial charge on any atom is -0.417 e. The topological polar surface area (TPSA) is 63.7 Å². The predicted molar refractivity (Wildman–Crippen MR) is 96.7 cm³/mol. The third-order valence-electron chi connectivity index (χ3n) is 5.72. The van der Waals surface area contributed by atoms with E-state index in [1.165, 1.54) is 0 Å². The third-order valence-corrected chi connectivity index (χ3v) is 10.2. The summed E-state index contributed by atoms with van der Waals surface area (Å²) in [5.74, 6) is -1.56. The SMILES string of the molecule is CC(C)(C)[Si](C)(C)OC[C@H]1CC1C(=O)N1C(=O)c2ccccc2C1=O. The summed E-state index contributed by atoms with van der Waals surface area (Å²) < 4.78 is 6.17. The van der Waals surface area contributed by atoms with Gasteiger partial charge in [-0.3, -0.25) is 14.4 Å². The zero-order chi connectivity index (χ0) is 18.6. The van der Waals surface area contributed by atoms with Gasteiger partial charge in [0.15, 0.2) is 8.32 Å². The van der Waals surface area contributed by atoms with Gasteiger partial charge in [-0.25, -0.2) is 4.90 Å². The van der Waals surface area contributed by atoms with E-state index in [4.69, 9.17) is 4.43 Å². The number of carbonyl (C=O) groups is 3. The van der Waals surface area contributed by atoms with Crippen LogP contribution in [0.1, 0.15) is 47.9 Å². The Morgan fingerprint density at radius 2 is 1.68 bits per heavy atom. The molecule has 1 aromatic rings. The number of benzene rings is 1. The Kier molecular flexibility index (Phi) is 4.24. The summed E-state index contributed by atoms with van der Waals surface area (Å²) in [5.41, 5.74) is 0.631. The van der Waals surface area contributed by atoms with Crippen LogP contribution in [-0.2, 0) is 9.22 Å². The van der Waals surface area contributed by atoms with Gasteiger partial charge in [-0.2, -0.15) is 0 Å². The van der Waals surface area contributed by atoms with Gasteiger partial charge in [0, 0.05) is 12.5 Å². The van der Waals surface area contributed by atoms with Crippen molar-refractivity contribution in [3.63, 3.8) is 0 Å². The lowest BCUT2D eigenvalue weighted by Gasteiger charge is -2.36. The van der Waals surface area contributed by atoms with Gasteiger partial charge < -0.3 is 4.43 Å². The maximum atomic E-state index is 12.7. The Morgan fingerprint density at radius 3 is 2.16 bits per heavy atom. The highest BCUT2D eigenvalue weighted by Gasteiger charge is 2.51. The lowest BCUT2D eigenvalue weighted by molar-refractivity contribution is -0.128. The van der Waals surface area contributed by atoms with E-state index < -0.39 is 20.1 Å². The van der Waals surface area contributed by atoms with E-state index in [2.05, 4.69) is 33.9 Å². The molecule has 1 aromatic carbocycles. The van der Waals surface area contributed by atoms with Gasteiger partial charge in [0.1, 0.15) is 0 Å². The first kappa shape index (κ1) is 18.0. The van der Waals surface area contributed by atoms with Crippen LogP contribution in [-0.4, -0.2) is 37.5 Å². The number of rotatable bonds is 4. The van der Waals surface area contributed by atoms with Crippen LogP contribution in [0.2, 0.25) is 18.1 Å². The van der Waals surface area contributed by atoms with E-state index >= 15 is 0 Å². The Labute approximate surface area is 149 Å². The molecule has 1 aliphatic carbocycles. The highest BCUT2D eigenvalue weighted by Crippen LogP contribution is 2.44. The molecule has 25 heavy (non-hydrogen) atoms. The lowest BCUT2D eigenvalue weighted by atomic mass is 10.1. The van der Waals surface area contributed by atoms with Gasteiger partial charge in [-0.15, -0.1) is 0 Å². The smallest absolute Gasteiger partial charge is 0.268 e. The zero-order valence-corrected chi connectivity index (χ0v) is 16.5. The van der Waals surface area contributed by atoms with Crippen LogP contribution in [0.25, 0.3) is 0 Å². The summed E-state index contributed by atoms with van der Waals surface area (Å²) in [6.07, 6.45) is 0.681. The summed E-state index contributed by atoms with van der Waals surface area (Å²) in [5, 5.41) is 0.115. The summed E-state index contributed by atoms with van der Waals surface area (Å²) in [4.78, 5) is 38.3. The number of imide groups is 3. The Balaban J connectivity index is 1.63. The molecular formula is C19H25NO4Si. The molecule has 0 N–H and O–H groups in total. The molecule has 6 heteroatoms. The molecule has 1 fully saturated rings. The van der Waals surface area contributed by atoms with Crippen LogP contribution < -0.4 is 0 Å². The second kappa shape index (κ2) is 5.88. The predicted octanol–water partition coefficient (Wildman–Crippen LogP) is 3.47. The first-order valence-corrected chi connectivity index (χ1v) is 11.6. The van der Waals surface area contributed by atoms with Crippen molar-refractivity contribution in [3.8, 4) is 0 Å². The van der Waals surface area contributed by atoms with Crippen LogP contribution >= 0.6 is 0 Å². The molecule has 1 saturated carbocycles. The largest absolute Gasteiger partial charge is 0.417 e. The van der Waals surface area contributed by atoms with E-state index in [0.29, 0.717) is 24.2 Å². The molecule has 2 atom stereocenters. The quantitative estimate of drug-likeness (QED) is 0.610. The van der Waals surface area contributed by atoms with Crippen LogP contribution in [0.15, 0.2) is 24.3 Å². The van der Waals surface area contributed by atoms with E-state index in [-0.39, 0.29) is 22.8 Å². The van der Waals surface area contributed by atoms with E-state index in [1.807, 2.05) is 0 Å². The van der Waals surface area contributed by atoms with Gasteiger partial charge in [0.2, 0.25) is 5.91 Å². The molecule has 3 amide bonds. The highest BCUT2D eigenvalue weighted by atomic mass is 28.4. The fourth-order valence-electron chi connectivity index (χ4n) is 2.82. The van der Waals surface area contributed by atoms with Crippen LogP contribution in [0, 0.1) is 11.8 Å². The monoisotopic (exact) mass is 359 g/mol. The molecule has 134 valence electrons. The standard InChI is InChI=1S/C19H25NO4Si/c1-19(2,3)25(4,5)24-11-12-10-15(12)18(23)20-16(21)13-8-6-7-9-14(13)17(20)22/h6-9,12,15H,10-11H2,1-5H3/t12-,15?/m1/s1. The van der Waals surface area contributed by atoms with Crippen molar-refractivity contribution in [2.45, 2.75) is 45.3 Å². The molecule has 0 radical (unpaired) electrons. The minimum absolute atomic E-state index is 0.103. The van der Waals surface area contributed by atoms with Crippen LogP contribution in [0.3, 0.4) is 0 Å². The first-order valence-electron chi connectivity index (χ1n) is 8.70. The van der Waals surface area contributed by atoms with Crippen molar-refractivity contribution in [2.24, 2.45) is 11.8 Å². The van der Waals surface area contributed by atoms with Gasteiger partial charge in [0.25, 0.3) is 11.8 Å². The van der Waals surface area contributed by atoms with E-state index in [1.54, 1.807) is 24.3 Å². The highest BCUT2D eigenvalue weighted by molar-refractivity contribution is 6.74. The van der Waals surface area contributed by atoms with Crippen LogP contribution in [0.5, 0.6) is 0 Å². The van der Waals surface area contributed by atoms with Crippen molar-refractivity contribution in [1.29, 1.82) is 0 Å². The average Bonchev–Trinajstić information content (AvgIpc) is 3.26. The fraction of sp³-hybridized carbons (Fsp3) is 0.526. The second-order valence-corrected chi connectivity index (χ2v) is 13.3. The molecule has 0 saturated heterocycles.